The van der Waals surface area contributed by atoms with E-state index in [1.807, 2.05) is 0 Å². The van der Waals surface area contributed by atoms with Crippen molar-refractivity contribution >= 4 is 21.9 Å². The number of carbonyl (C=O) groups excluding carboxylic acids is 1. The number of aliphatic hydroxyl groups excluding tert-OH is 1. The minimum Gasteiger partial charge on any atom is -0.466 e. The average Bonchev–Trinajstić information content (AvgIpc) is 2.97. The van der Waals surface area contributed by atoms with Crippen LogP contribution < -0.4 is 0 Å². The number of aliphatic hydroxyl groups is 1. The molecule has 1 N–H and O–H groups in total. The maximum Gasteiger partial charge on any atom is 0.374 e. The Morgan fingerprint density at radius 3 is 3.00 bits per heavy atom. The fourth-order valence-corrected chi connectivity index (χ4v) is 1.94. The van der Waals surface area contributed by atoms with Crippen molar-refractivity contribution in [3.05, 3.63) is 46.2 Å². The first-order chi connectivity index (χ1) is 8.63. The molecule has 0 bridgehead atoms. The van der Waals surface area contributed by atoms with Gasteiger partial charge in [0.1, 0.15) is 11.9 Å². The van der Waals surface area contributed by atoms with E-state index in [1.54, 1.807) is 19.1 Å². The molecule has 5 nitrogen and oxygen atoms in total. The largest absolute Gasteiger partial charge is 0.466 e. The molecular weight excluding hydrogens is 304 g/mol. The second kappa shape index (κ2) is 5.41. The molecule has 0 radical (unpaired) electrons. The zero-order chi connectivity index (χ0) is 13.1. The van der Waals surface area contributed by atoms with Crippen LogP contribution >= 0.6 is 15.9 Å². The van der Waals surface area contributed by atoms with Crippen LogP contribution in [0, 0.1) is 0 Å². The van der Waals surface area contributed by atoms with Crippen molar-refractivity contribution in [2.45, 2.75) is 13.0 Å². The van der Waals surface area contributed by atoms with Gasteiger partial charge in [-0.05, 0) is 41.1 Å². The number of rotatable bonds is 4. The third-order valence-electron chi connectivity index (χ3n) is 2.30. The Kier molecular flexibility index (Phi) is 3.88. The number of esters is 1. The van der Waals surface area contributed by atoms with Gasteiger partial charge >= 0.3 is 5.97 Å². The van der Waals surface area contributed by atoms with Crippen LogP contribution in [0.2, 0.25) is 0 Å². The van der Waals surface area contributed by atoms with Crippen LogP contribution in [0.3, 0.4) is 0 Å². The molecule has 96 valence electrons. The summed E-state index contributed by atoms with van der Waals surface area (Å²) in [6.45, 7) is 1.92. The molecular formula is C12H11BrO5. The highest BCUT2D eigenvalue weighted by Gasteiger charge is 2.26. The lowest BCUT2D eigenvalue weighted by Gasteiger charge is -2.07. The summed E-state index contributed by atoms with van der Waals surface area (Å²) in [5.41, 5.74) is 0.301. The first-order valence-corrected chi connectivity index (χ1v) is 6.10. The average molecular weight is 315 g/mol. The molecule has 0 fully saturated rings. The Morgan fingerprint density at radius 2 is 2.39 bits per heavy atom. The summed E-state index contributed by atoms with van der Waals surface area (Å²) in [4.78, 5) is 11.7. The summed E-state index contributed by atoms with van der Waals surface area (Å²) in [5, 5.41) is 10.1. The van der Waals surface area contributed by atoms with Gasteiger partial charge in [-0.1, -0.05) is 0 Å². The van der Waals surface area contributed by atoms with Crippen molar-refractivity contribution in [1.82, 2.24) is 0 Å². The van der Waals surface area contributed by atoms with Crippen molar-refractivity contribution in [3.8, 4) is 0 Å². The topological polar surface area (TPSA) is 72.8 Å². The number of hydrogen-bond donors (Lipinski definition) is 1. The van der Waals surface area contributed by atoms with Crippen LogP contribution in [0.4, 0.5) is 0 Å². The summed E-state index contributed by atoms with van der Waals surface area (Å²) >= 11 is 3.12. The minimum atomic E-state index is -1.07. The van der Waals surface area contributed by atoms with Crippen molar-refractivity contribution in [1.29, 1.82) is 0 Å². The number of hydrogen-bond acceptors (Lipinski definition) is 5. The van der Waals surface area contributed by atoms with Gasteiger partial charge in [0.2, 0.25) is 5.76 Å². The second-order valence-electron chi connectivity index (χ2n) is 3.47. The normalized spacial score (nSPS) is 12.4. The predicted octanol–water partition coefficient (Wildman–Crippen LogP) is 2.89. The molecule has 2 aromatic rings. The summed E-state index contributed by atoms with van der Waals surface area (Å²) < 4.78 is 15.5. The van der Waals surface area contributed by atoms with Gasteiger partial charge in [0.05, 0.1) is 12.9 Å². The van der Waals surface area contributed by atoms with E-state index >= 15 is 0 Å². The van der Waals surface area contributed by atoms with Crippen LogP contribution in [0.1, 0.15) is 34.9 Å². The predicted molar refractivity (Wildman–Crippen MR) is 65.1 cm³/mol. The molecule has 0 spiro atoms. The van der Waals surface area contributed by atoms with E-state index in [-0.39, 0.29) is 12.4 Å². The van der Waals surface area contributed by atoms with E-state index in [0.717, 1.165) is 0 Å². The Labute approximate surface area is 111 Å². The van der Waals surface area contributed by atoms with E-state index in [4.69, 9.17) is 13.6 Å². The molecule has 6 heteroatoms. The first-order valence-electron chi connectivity index (χ1n) is 5.31. The SMILES string of the molecule is CCOC(=O)c1oc(Br)cc1C(O)c1ccco1. The minimum absolute atomic E-state index is 0.0346. The number of furan rings is 2. The standard InChI is InChI=1S/C12H11BrO5/c1-2-16-12(15)11-7(6-9(13)18-11)10(14)8-4-3-5-17-8/h3-6,10,14H,2H2,1H3. The van der Waals surface area contributed by atoms with Crippen LogP contribution in [0.5, 0.6) is 0 Å². The van der Waals surface area contributed by atoms with Gasteiger partial charge in [0.15, 0.2) is 4.67 Å². The van der Waals surface area contributed by atoms with Gasteiger partial charge < -0.3 is 18.7 Å². The van der Waals surface area contributed by atoms with Crippen molar-refractivity contribution < 1.29 is 23.5 Å². The molecule has 2 aromatic heterocycles. The highest BCUT2D eigenvalue weighted by Crippen LogP contribution is 2.30. The quantitative estimate of drug-likeness (QED) is 0.878. The molecule has 0 aliphatic rings. The van der Waals surface area contributed by atoms with E-state index < -0.39 is 12.1 Å². The Hall–Kier alpha value is -1.53. The highest BCUT2D eigenvalue weighted by molar-refractivity contribution is 9.10. The summed E-state index contributed by atoms with van der Waals surface area (Å²) in [5.74, 6) is -0.328. The maximum absolute atomic E-state index is 11.7. The summed E-state index contributed by atoms with van der Waals surface area (Å²) in [6.07, 6.45) is 0.368. The second-order valence-corrected chi connectivity index (χ2v) is 4.25. The summed E-state index contributed by atoms with van der Waals surface area (Å²) in [7, 11) is 0. The van der Waals surface area contributed by atoms with Crippen LogP contribution in [0.15, 0.2) is 38.0 Å². The molecule has 0 aliphatic carbocycles. The summed E-state index contributed by atoms with van der Waals surface area (Å²) in [6, 6.07) is 4.78. The molecule has 0 saturated carbocycles. The Balaban J connectivity index is 2.35. The van der Waals surface area contributed by atoms with Crippen LogP contribution in [0.25, 0.3) is 0 Å². The molecule has 0 aliphatic heterocycles. The first kappa shape index (κ1) is 12.9. The number of ether oxygens (including phenoxy) is 1. The highest BCUT2D eigenvalue weighted by atomic mass is 79.9. The molecule has 2 heterocycles. The van der Waals surface area contributed by atoms with Crippen molar-refractivity contribution in [2.24, 2.45) is 0 Å². The van der Waals surface area contributed by atoms with Gasteiger partial charge in [0, 0.05) is 5.56 Å². The molecule has 1 atom stereocenters. The van der Waals surface area contributed by atoms with E-state index in [2.05, 4.69) is 15.9 Å². The fraction of sp³-hybridized carbons (Fsp3) is 0.250. The Bertz CT molecular complexity index is 529. The smallest absolute Gasteiger partial charge is 0.374 e. The van der Waals surface area contributed by atoms with Gasteiger partial charge in [-0.25, -0.2) is 4.79 Å². The zero-order valence-electron chi connectivity index (χ0n) is 9.55. The number of halogens is 1. The van der Waals surface area contributed by atoms with Crippen LogP contribution in [-0.4, -0.2) is 17.7 Å². The molecule has 0 aromatic carbocycles. The van der Waals surface area contributed by atoms with E-state index in [1.165, 1.54) is 12.3 Å². The van der Waals surface area contributed by atoms with E-state index in [0.29, 0.717) is 16.0 Å². The Morgan fingerprint density at radius 1 is 1.61 bits per heavy atom. The van der Waals surface area contributed by atoms with Gasteiger partial charge in [-0.2, -0.15) is 0 Å². The van der Waals surface area contributed by atoms with Crippen LogP contribution in [-0.2, 0) is 4.74 Å². The van der Waals surface area contributed by atoms with Gasteiger partial charge in [-0.3, -0.25) is 0 Å². The molecule has 18 heavy (non-hydrogen) atoms. The third kappa shape index (κ3) is 2.49. The molecule has 0 saturated heterocycles. The van der Waals surface area contributed by atoms with Gasteiger partial charge in [-0.15, -0.1) is 0 Å². The monoisotopic (exact) mass is 314 g/mol. The maximum atomic E-state index is 11.7. The molecule has 2 rings (SSSR count). The van der Waals surface area contributed by atoms with Crippen molar-refractivity contribution in [2.75, 3.05) is 6.61 Å². The van der Waals surface area contributed by atoms with Gasteiger partial charge in [0.25, 0.3) is 0 Å². The lowest BCUT2D eigenvalue weighted by molar-refractivity contribution is 0.0480. The third-order valence-corrected chi connectivity index (χ3v) is 2.69. The fourth-order valence-electron chi connectivity index (χ4n) is 1.53. The lowest BCUT2D eigenvalue weighted by atomic mass is 10.1. The lowest BCUT2D eigenvalue weighted by Crippen LogP contribution is -2.09. The number of carbonyl (C=O) groups is 1. The van der Waals surface area contributed by atoms with Crippen molar-refractivity contribution in [3.63, 3.8) is 0 Å². The van der Waals surface area contributed by atoms with E-state index in [9.17, 15) is 9.90 Å². The molecule has 1 unspecified atom stereocenters. The zero-order valence-corrected chi connectivity index (χ0v) is 11.1. The molecule has 0 amide bonds.